The fourth-order valence-corrected chi connectivity index (χ4v) is 4.37. The molecule has 182 valence electrons. The van der Waals surface area contributed by atoms with Crippen LogP contribution < -0.4 is 10.1 Å². The van der Waals surface area contributed by atoms with Crippen LogP contribution in [0.2, 0.25) is 0 Å². The van der Waals surface area contributed by atoms with Gasteiger partial charge in [-0.2, -0.15) is 8.78 Å². The summed E-state index contributed by atoms with van der Waals surface area (Å²) in [5, 5.41) is 2.71. The maximum atomic E-state index is 13.2. The molecule has 2 aromatic carbocycles. The first-order valence-electron chi connectivity index (χ1n) is 11.0. The lowest BCUT2D eigenvalue weighted by Crippen LogP contribution is -2.41. The summed E-state index contributed by atoms with van der Waals surface area (Å²) in [4.78, 5) is 40.0. The van der Waals surface area contributed by atoms with E-state index in [9.17, 15) is 23.2 Å². The summed E-state index contributed by atoms with van der Waals surface area (Å²) in [5.74, 6) is -0.862. The zero-order valence-corrected chi connectivity index (χ0v) is 19.8. The number of nitrogens with zero attached hydrogens (tertiary/aromatic N) is 2. The fraction of sp³-hybridized carbons (Fsp3) is 0.269. The predicted molar refractivity (Wildman–Crippen MR) is 125 cm³/mol. The van der Waals surface area contributed by atoms with Crippen LogP contribution in [0.4, 0.5) is 13.6 Å². The molecule has 35 heavy (non-hydrogen) atoms. The number of rotatable bonds is 7. The van der Waals surface area contributed by atoms with E-state index >= 15 is 0 Å². The molecule has 0 radical (unpaired) electrons. The Balaban J connectivity index is 1.56. The van der Waals surface area contributed by atoms with E-state index in [0.29, 0.717) is 22.5 Å². The molecule has 1 N–H and O–H groups in total. The van der Waals surface area contributed by atoms with E-state index in [1.54, 1.807) is 55.7 Å². The van der Waals surface area contributed by atoms with Crippen molar-refractivity contribution in [1.29, 1.82) is 0 Å². The van der Waals surface area contributed by atoms with Gasteiger partial charge < -0.3 is 14.6 Å². The number of aromatic nitrogens is 1. The lowest BCUT2D eigenvalue weighted by molar-refractivity contribution is -0.130. The quantitative estimate of drug-likeness (QED) is 0.393. The second-order valence-corrected chi connectivity index (χ2v) is 8.73. The normalized spacial score (nSPS) is 17.7. The van der Waals surface area contributed by atoms with Crippen LogP contribution in [0.1, 0.15) is 39.8 Å². The summed E-state index contributed by atoms with van der Waals surface area (Å²) in [6.07, 6.45) is 0. The molecule has 3 amide bonds. The van der Waals surface area contributed by atoms with Crippen molar-refractivity contribution in [3.8, 4) is 11.4 Å². The van der Waals surface area contributed by atoms with Crippen molar-refractivity contribution in [2.45, 2.75) is 39.8 Å². The van der Waals surface area contributed by atoms with Gasteiger partial charge in [0.1, 0.15) is 11.3 Å². The van der Waals surface area contributed by atoms with Gasteiger partial charge in [-0.25, -0.2) is 4.79 Å². The average Bonchev–Trinajstić information content (AvgIpc) is 3.22. The van der Waals surface area contributed by atoms with Gasteiger partial charge in [-0.1, -0.05) is 29.8 Å². The molecule has 1 saturated heterocycles. The van der Waals surface area contributed by atoms with E-state index in [4.69, 9.17) is 0 Å². The SMILES string of the molecule is Cc1ccc([C@@]2(C)NC(=O)N(CC(=O)c3cc(C)n(-c4ccc(OC(F)F)cc4)c3C)C2=O)cc1. The lowest BCUT2D eigenvalue weighted by atomic mass is 9.91. The second kappa shape index (κ2) is 8.98. The maximum absolute atomic E-state index is 13.2. The monoisotopic (exact) mass is 481 g/mol. The van der Waals surface area contributed by atoms with Crippen molar-refractivity contribution in [2.24, 2.45) is 0 Å². The highest BCUT2D eigenvalue weighted by Crippen LogP contribution is 2.30. The van der Waals surface area contributed by atoms with Crippen molar-refractivity contribution in [1.82, 2.24) is 14.8 Å². The van der Waals surface area contributed by atoms with Gasteiger partial charge in [-0.05, 0) is 63.6 Å². The number of carbonyl (C=O) groups excluding carboxylic acids is 3. The van der Waals surface area contributed by atoms with E-state index in [0.717, 1.165) is 16.2 Å². The number of Topliss-reactive ketones (excluding diaryl/α,β-unsaturated/α-hetero) is 1. The molecule has 2 heterocycles. The molecule has 0 aliphatic carbocycles. The van der Waals surface area contributed by atoms with Gasteiger partial charge in [0.15, 0.2) is 5.78 Å². The Morgan fingerprint density at radius 2 is 1.66 bits per heavy atom. The largest absolute Gasteiger partial charge is 0.435 e. The Hall–Kier alpha value is -4.01. The van der Waals surface area contributed by atoms with E-state index < -0.39 is 36.4 Å². The molecule has 3 aromatic rings. The number of ketones is 1. The molecule has 1 fully saturated rings. The molecule has 7 nitrogen and oxygen atoms in total. The molecule has 0 unspecified atom stereocenters. The number of urea groups is 1. The van der Waals surface area contributed by atoms with Gasteiger partial charge in [0.05, 0.1) is 6.54 Å². The zero-order chi connectivity index (χ0) is 25.5. The van der Waals surface area contributed by atoms with Crippen LogP contribution in [0.5, 0.6) is 5.75 Å². The maximum Gasteiger partial charge on any atom is 0.387 e. The van der Waals surface area contributed by atoms with Crippen LogP contribution in [-0.4, -0.2) is 40.3 Å². The molecule has 1 atom stereocenters. The number of imide groups is 1. The summed E-state index contributed by atoms with van der Waals surface area (Å²) in [5.41, 5.74) is 2.74. The van der Waals surface area contributed by atoms with Crippen molar-refractivity contribution < 1.29 is 27.9 Å². The van der Waals surface area contributed by atoms with Crippen molar-refractivity contribution in [3.05, 3.63) is 82.7 Å². The molecular formula is C26H25F2N3O4. The number of ether oxygens (including phenoxy) is 1. The number of amides is 3. The van der Waals surface area contributed by atoms with E-state index in [-0.39, 0.29) is 5.75 Å². The minimum atomic E-state index is -2.92. The molecule has 1 aliphatic rings. The minimum Gasteiger partial charge on any atom is -0.435 e. The van der Waals surface area contributed by atoms with Crippen molar-refractivity contribution in [2.75, 3.05) is 6.54 Å². The second-order valence-electron chi connectivity index (χ2n) is 8.73. The van der Waals surface area contributed by atoms with Crippen LogP contribution in [0.15, 0.2) is 54.6 Å². The van der Waals surface area contributed by atoms with Gasteiger partial charge in [0.2, 0.25) is 0 Å². The number of benzene rings is 2. The van der Waals surface area contributed by atoms with Gasteiger partial charge in [-0.3, -0.25) is 14.5 Å². The number of alkyl halides is 2. The number of halogens is 2. The van der Waals surface area contributed by atoms with Crippen LogP contribution in [0.3, 0.4) is 0 Å². The van der Waals surface area contributed by atoms with Gasteiger partial charge >= 0.3 is 12.6 Å². The van der Waals surface area contributed by atoms with E-state index in [1.165, 1.54) is 12.1 Å². The van der Waals surface area contributed by atoms with E-state index in [1.807, 2.05) is 19.1 Å². The molecule has 1 aromatic heterocycles. The third kappa shape index (κ3) is 4.41. The lowest BCUT2D eigenvalue weighted by Gasteiger charge is -2.22. The molecule has 1 aliphatic heterocycles. The number of hydrogen-bond donors (Lipinski definition) is 1. The standard InChI is InChI=1S/C26H25F2N3O4/c1-15-5-7-18(8-6-15)26(4)23(33)30(25(34)29-26)14-22(32)21-13-16(2)31(17(21)3)19-9-11-20(12-10-19)35-24(27)28/h5-13,24H,14H2,1-4H3,(H,29,34)/t26-/m1/s1. The van der Waals surface area contributed by atoms with Crippen molar-refractivity contribution >= 4 is 17.7 Å². The Labute approximate surface area is 201 Å². The predicted octanol–water partition coefficient (Wildman–Crippen LogP) is 4.65. The highest BCUT2D eigenvalue weighted by atomic mass is 19.3. The Bertz CT molecular complexity index is 1300. The first kappa shape index (κ1) is 24.1. The van der Waals surface area contributed by atoms with Crippen LogP contribution in [0.25, 0.3) is 5.69 Å². The molecule has 0 bridgehead atoms. The van der Waals surface area contributed by atoms with Crippen LogP contribution in [0, 0.1) is 20.8 Å². The average molecular weight is 481 g/mol. The van der Waals surface area contributed by atoms with Gasteiger partial charge in [-0.15, -0.1) is 0 Å². The summed E-state index contributed by atoms with van der Waals surface area (Å²) < 4.78 is 31.0. The third-order valence-corrected chi connectivity index (χ3v) is 6.26. The third-order valence-electron chi connectivity index (χ3n) is 6.26. The number of carbonyl (C=O) groups is 3. The highest BCUT2D eigenvalue weighted by Gasteiger charge is 2.49. The number of hydrogen-bond acceptors (Lipinski definition) is 4. The van der Waals surface area contributed by atoms with E-state index in [2.05, 4.69) is 10.1 Å². The fourth-order valence-electron chi connectivity index (χ4n) is 4.37. The molecule has 0 spiro atoms. The first-order chi connectivity index (χ1) is 16.5. The summed E-state index contributed by atoms with van der Waals surface area (Å²) >= 11 is 0. The minimum absolute atomic E-state index is 0.0256. The zero-order valence-electron chi connectivity index (χ0n) is 19.8. The van der Waals surface area contributed by atoms with Crippen LogP contribution in [-0.2, 0) is 10.3 Å². The molecule has 9 heteroatoms. The van der Waals surface area contributed by atoms with Crippen molar-refractivity contribution in [3.63, 3.8) is 0 Å². The molecule has 0 saturated carbocycles. The Morgan fingerprint density at radius 3 is 2.26 bits per heavy atom. The molecular weight excluding hydrogens is 456 g/mol. The summed E-state index contributed by atoms with van der Waals surface area (Å²) in [6.45, 7) is 3.77. The first-order valence-corrected chi connectivity index (χ1v) is 11.0. The summed E-state index contributed by atoms with van der Waals surface area (Å²) in [7, 11) is 0. The van der Waals surface area contributed by atoms with Gasteiger partial charge in [0, 0.05) is 22.6 Å². The number of aryl methyl sites for hydroxylation is 2. The highest BCUT2D eigenvalue weighted by molar-refractivity contribution is 6.11. The smallest absolute Gasteiger partial charge is 0.387 e. The van der Waals surface area contributed by atoms with Crippen LogP contribution >= 0.6 is 0 Å². The number of nitrogens with one attached hydrogen (secondary N) is 1. The topological polar surface area (TPSA) is 80.6 Å². The Kier molecular flexibility index (Phi) is 6.19. The molecule has 4 rings (SSSR count). The Morgan fingerprint density at radius 1 is 1.03 bits per heavy atom. The van der Waals surface area contributed by atoms with Gasteiger partial charge in [0.25, 0.3) is 5.91 Å². The summed E-state index contributed by atoms with van der Waals surface area (Å²) in [6, 6.07) is 14.4.